The van der Waals surface area contributed by atoms with Crippen LogP contribution in [0.5, 0.6) is 0 Å². The van der Waals surface area contributed by atoms with Gasteiger partial charge >= 0.3 is 0 Å². The van der Waals surface area contributed by atoms with Crippen LogP contribution in [0.15, 0.2) is 60.8 Å². The van der Waals surface area contributed by atoms with E-state index in [0.717, 1.165) is 35.4 Å². The van der Waals surface area contributed by atoms with E-state index in [1.165, 1.54) is 12.8 Å². The Bertz CT molecular complexity index is 879. The number of fused-ring (bicyclic) bond motifs is 1. The number of carbonyl (C=O) groups is 1. The van der Waals surface area contributed by atoms with Gasteiger partial charge in [-0.05, 0) is 37.1 Å². The SMILES string of the molecule is O=C(Nc1ccccc1N1CCCC1)c1cccc2cccnc12. The summed E-state index contributed by atoms with van der Waals surface area (Å²) in [5.74, 6) is -0.119. The number of hydrogen-bond acceptors (Lipinski definition) is 3. The molecule has 0 spiro atoms. The Hall–Kier alpha value is -2.88. The molecule has 4 nitrogen and oxygen atoms in total. The largest absolute Gasteiger partial charge is 0.370 e. The van der Waals surface area contributed by atoms with Crippen molar-refractivity contribution < 1.29 is 4.79 Å². The minimum absolute atomic E-state index is 0.119. The Kier molecular flexibility index (Phi) is 3.87. The van der Waals surface area contributed by atoms with E-state index in [9.17, 15) is 4.79 Å². The second-order valence-corrected chi connectivity index (χ2v) is 6.05. The van der Waals surface area contributed by atoms with Crippen LogP contribution in [0, 0.1) is 0 Å². The molecule has 1 saturated heterocycles. The van der Waals surface area contributed by atoms with Gasteiger partial charge in [0.2, 0.25) is 0 Å². The van der Waals surface area contributed by atoms with E-state index in [4.69, 9.17) is 0 Å². The standard InChI is InChI=1S/C20H19N3O/c24-20(16-9-5-7-15-8-6-12-21-19(15)16)22-17-10-1-2-11-18(17)23-13-3-4-14-23/h1-2,5-12H,3-4,13-14H2,(H,22,24). The van der Waals surface area contributed by atoms with Gasteiger partial charge in [0.1, 0.15) is 0 Å². The normalized spacial score (nSPS) is 14.1. The minimum Gasteiger partial charge on any atom is -0.370 e. The summed E-state index contributed by atoms with van der Waals surface area (Å²) in [4.78, 5) is 19.5. The summed E-state index contributed by atoms with van der Waals surface area (Å²) in [6.45, 7) is 2.09. The van der Waals surface area contributed by atoms with Crippen LogP contribution in [-0.4, -0.2) is 24.0 Å². The van der Waals surface area contributed by atoms with Gasteiger partial charge in [0.15, 0.2) is 0 Å². The van der Waals surface area contributed by atoms with E-state index in [0.29, 0.717) is 5.56 Å². The van der Waals surface area contributed by atoms with Crippen molar-refractivity contribution in [1.82, 2.24) is 4.98 Å². The van der Waals surface area contributed by atoms with E-state index >= 15 is 0 Å². The van der Waals surface area contributed by atoms with Crippen molar-refractivity contribution in [2.75, 3.05) is 23.3 Å². The third-order valence-electron chi connectivity index (χ3n) is 4.48. The van der Waals surface area contributed by atoms with E-state index in [-0.39, 0.29) is 5.91 Å². The number of amides is 1. The van der Waals surface area contributed by atoms with Crippen molar-refractivity contribution in [1.29, 1.82) is 0 Å². The Labute approximate surface area is 141 Å². The first-order valence-corrected chi connectivity index (χ1v) is 8.32. The highest BCUT2D eigenvalue weighted by Crippen LogP contribution is 2.29. The van der Waals surface area contributed by atoms with Crippen molar-refractivity contribution in [3.8, 4) is 0 Å². The number of pyridine rings is 1. The summed E-state index contributed by atoms with van der Waals surface area (Å²) in [6, 6.07) is 17.5. The molecule has 0 bridgehead atoms. The van der Waals surface area contributed by atoms with Gasteiger partial charge in [-0.25, -0.2) is 0 Å². The molecular weight excluding hydrogens is 298 g/mol. The maximum Gasteiger partial charge on any atom is 0.257 e. The van der Waals surface area contributed by atoms with Crippen LogP contribution >= 0.6 is 0 Å². The highest BCUT2D eigenvalue weighted by Gasteiger charge is 2.18. The van der Waals surface area contributed by atoms with Gasteiger partial charge in [0, 0.05) is 24.7 Å². The van der Waals surface area contributed by atoms with Crippen LogP contribution in [-0.2, 0) is 0 Å². The summed E-state index contributed by atoms with van der Waals surface area (Å²) in [7, 11) is 0. The van der Waals surface area contributed by atoms with Crippen molar-refractivity contribution in [3.05, 3.63) is 66.4 Å². The highest BCUT2D eigenvalue weighted by atomic mass is 16.1. The van der Waals surface area contributed by atoms with E-state index in [2.05, 4.69) is 21.3 Å². The number of aromatic nitrogens is 1. The van der Waals surface area contributed by atoms with Gasteiger partial charge in [-0.2, -0.15) is 0 Å². The molecule has 1 N–H and O–H groups in total. The molecule has 4 heteroatoms. The van der Waals surface area contributed by atoms with Gasteiger partial charge in [-0.15, -0.1) is 0 Å². The zero-order valence-electron chi connectivity index (χ0n) is 13.4. The van der Waals surface area contributed by atoms with E-state index in [1.807, 2.05) is 48.5 Å². The smallest absolute Gasteiger partial charge is 0.257 e. The van der Waals surface area contributed by atoms with Gasteiger partial charge in [-0.1, -0.05) is 30.3 Å². The third kappa shape index (κ3) is 2.71. The Morgan fingerprint density at radius 2 is 1.75 bits per heavy atom. The second kappa shape index (κ2) is 6.32. The number of anilines is 2. The number of benzene rings is 2. The van der Waals surface area contributed by atoms with E-state index < -0.39 is 0 Å². The average molecular weight is 317 g/mol. The Morgan fingerprint density at radius 3 is 2.62 bits per heavy atom. The maximum atomic E-state index is 12.8. The Morgan fingerprint density at radius 1 is 0.958 bits per heavy atom. The highest BCUT2D eigenvalue weighted by molar-refractivity contribution is 6.12. The molecule has 2 aromatic carbocycles. The predicted octanol–water partition coefficient (Wildman–Crippen LogP) is 4.09. The second-order valence-electron chi connectivity index (χ2n) is 6.05. The van der Waals surface area contributed by atoms with Gasteiger partial charge in [-0.3, -0.25) is 9.78 Å². The molecule has 1 fully saturated rings. The zero-order valence-corrected chi connectivity index (χ0v) is 13.4. The molecule has 120 valence electrons. The van der Waals surface area contributed by atoms with Crippen LogP contribution in [0.3, 0.4) is 0 Å². The van der Waals surface area contributed by atoms with Crippen molar-refractivity contribution >= 4 is 28.2 Å². The predicted molar refractivity (Wildman–Crippen MR) is 97.6 cm³/mol. The van der Waals surface area contributed by atoms with Crippen LogP contribution in [0.1, 0.15) is 23.2 Å². The summed E-state index contributed by atoms with van der Waals surface area (Å²) >= 11 is 0. The summed E-state index contributed by atoms with van der Waals surface area (Å²) in [5.41, 5.74) is 3.29. The lowest BCUT2D eigenvalue weighted by Crippen LogP contribution is -2.21. The molecule has 1 aliphatic rings. The summed E-state index contributed by atoms with van der Waals surface area (Å²) in [6.07, 6.45) is 4.13. The van der Waals surface area contributed by atoms with Crippen molar-refractivity contribution in [2.45, 2.75) is 12.8 Å². The number of hydrogen-bond donors (Lipinski definition) is 1. The van der Waals surface area contributed by atoms with Gasteiger partial charge in [0.05, 0.1) is 22.5 Å². The summed E-state index contributed by atoms with van der Waals surface area (Å²) < 4.78 is 0. The molecule has 0 aliphatic carbocycles. The lowest BCUT2D eigenvalue weighted by Gasteiger charge is -2.21. The van der Waals surface area contributed by atoms with E-state index in [1.54, 1.807) is 6.20 Å². The fourth-order valence-electron chi connectivity index (χ4n) is 3.29. The third-order valence-corrected chi connectivity index (χ3v) is 4.48. The molecule has 2 heterocycles. The Balaban J connectivity index is 1.67. The molecular formula is C20H19N3O. The first kappa shape index (κ1) is 14.7. The molecule has 0 unspecified atom stereocenters. The number of nitrogens with zero attached hydrogens (tertiary/aromatic N) is 2. The minimum atomic E-state index is -0.119. The molecule has 4 rings (SSSR count). The lowest BCUT2D eigenvalue weighted by molar-refractivity contribution is 0.102. The number of para-hydroxylation sites is 3. The number of rotatable bonds is 3. The molecule has 0 saturated carbocycles. The molecule has 1 aromatic heterocycles. The van der Waals surface area contributed by atoms with Crippen molar-refractivity contribution in [2.24, 2.45) is 0 Å². The van der Waals surface area contributed by atoms with Crippen LogP contribution in [0.25, 0.3) is 10.9 Å². The average Bonchev–Trinajstić information content (AvgIpc) is 3.16. The molecule has 0 atom stereocenters. The van der Waals surface area contributed by atoms with Crippen LogP contribution in [0.4, 0.5) is 11.4 Å². The fraction of sp³-hybridized carbons (Fsp3) is 0.200. The molecule has 0 radical (unpaired) electrons. The van der Waals surface area contributed by atoms with Crippen LogP contribution < -0.4 is 10.2 Å². The molecule has 1 amide bonds. The fourth-order valence-corrected chi connectivity index (χ4v) is 3.29. The van der Waals surface area contributed by atoms with Crippen LogP contribution in [0.2, 0.25) is 0 Å². The monoisotopic (exact) mass is 317 g/mol. The maximum absolute atomic E-state index is 12.8. The lowest BCUT2D eigenvalue weighted by atomic mass is 10.1. The number of nitrogens with one attached hydrogen (secondary N) is 1. The topological polar surface area (TPSA) is 45.2 Å². The molecule has 24 heavy (non-hydrogen) atoms. The quantitative estimate of drug-likeness (QED) is 0.791. The molecule has 3 aromatic rings. The zero-order chi connectivity index (χ0) is 16.4. The first-order valence-electron chi connectivity index (χ1n) is 8.32. The van der Waals surface area contributed by atoms with Crippen molar-refractivity contribution in [3.63, 3.8) is 0 Å². The molecule has 1 aliphatic heterocycles. The first-order chi connectivity index (χ1) is 11.8. The van der Waals surface area contributed by atoms with Gasteiger partial charge in [0.25, 0.3) is 5.91 Å². The summed E-state index contributed by atoms with van der Waals surface area (Å²) in [5, 5.41) is 4.05. The number of carbonyl (C=O) groups excluding carboxylic acids is 1. The van der Waals surface area contributed by atoms with Gasteiger partial charge < -0.3 is 10.2 Å².